The molecular weight excluding hydrogens is 270 g/mol. The molecule has 0 unspecified atom stereocenters. The summed E-state index contributed by atoms with van der Waals surface area (Å²) in [6.45, 7) is 0.701. The molecule has 2 N–H and O–H groups in total. The largest absolute Gasteiger partial charge is 0.508 e. The Hall–Kier alpha value is -0.580. The molecule has 88 valence electrons. The summed E-state index contributed by atoms with van der Waals surface area (Å²) in [4.78, 5) is 0. The van der Waals surface area contributed by atoms with Gasteiger partial charge >= 0.3 is 0 Å². The minimum Gasteiger partial charge on any atom is -0.508 e. The van der Waals surface area contributed by atoms with Gasteiger partial charge in [-0.3, -0.25) is 0 Å². The molecule has 1 aliphatic carbocycles. The summed E-state index contributed by atoms with van der Waals surface area (Å²) in [5.41, 5.74) is 0.926. The van der Waals surface area contributed by atoms with Gasteiger partial charge in [0.05, 0.1) is 6.10 Å². The number of aromatic hydroxyl groups is 1. The lowest BCUT2D eigenvalue weighted by molar-refractivity contribution is 0.0169. The Bertz CT molecular complexity index is 364. The molecule has 1 saturated carbocycles. The second-order valence-electron chi connectivity index (χ2n) is 4.18. The van der Waals surface area contributed by atoms with Crippen molar-refractivity contribution < 1.29 is 9.84 Å². The average Bonchev–Trinajstić information content (AvgIpc) is 2.21. The van der Waals surface area contributed by atoms with Crippen LogP contribution in [-0.2, 0) is 11.3 Å². The number of hydrogen-bond donors (Lipinski definition) is 2. The van der Waals surface area contributed by atoms with Crippen LogP contribution in [0, 0.1) is 0 Å². The lowest BCUT2D eigenvalue weighted by atomic mass is 9.89. The Morgan fingerprint density at radius 2 is 2.25 bits per heavy atom. The lowest BCUT2D eigenvalue weighted by Gasteiger charge is -2.34. The normalized spacial score (nSPS) is 24.1. The smallest absolute Gasteiger partial charge is 0.120 e. The number of ether oxygens (including phenoxy) is 1. The van der Waals surface area contributed by atoms with Crippen molar-refractivity contribution in [3.8, 4) is 5.75 Å². The van der Waals surface area contributed by atoms with E-state index in [1.54, 1.807) is 13.2 Å². The maximum Gasteiger partial charge on any atom is 0.120 e. The van der Waals surface area contributed by atoms with Crippen LogP contribution in [0.2, 0.25) is 0 Å². The first kappa shape index (κ1) is 11.9. The summed E-state index contributed by atoms with van der Waals surface area (Å²) in [5.74, 6) is 0.346. The predicted octanol–water partition coefficient (Wildman–Crippen LogP) is 2.42. The molecule has 0 aromatic heterocycles. The lowest BCUT2D eigenvalue weighted by Crippen LogP contribution is -2.44. The highest BCUT2D eigenvalue weighted by Crippen LogP contribution is 2.25. The average molecular weight is 286 g/mol. The van der Waals surface area contributed by atoms with Gasteiger partial charge in [-0.15, -0.1) is 0 Å². The van der Waals surface area contributed by atoms with Crippen molar-refractivity contribution in [1.82, 2.24) is 5.32 Å². The molecule has 1 aromatic rings. The van der Waals surface area contributed by atoms with Gasteiger partial charge in [-0.2, -0.15) is 0 Å². The third kappa shape index (κ3) is 2.75. The van der Waals surface area contributed by atoms with E-state index in [2.05, 4.69) is 21.2 Å². The number of benzene rings is 1. The van der Waals surface area contributed by atoms with Crippen molar-refractivity contribution in [2.24, 2.45) is 0 Å². The van der Waals surface area contributed by atoms with Crippen molar-refractivity contribution in [2.75, 3.05) is 7.11 Å². The van der Waals surface area contributed by atoms with Crippen LogP contribution in [-0.4, -0.2) is 24.4 Å². The Morgan fingerprint density at radius 3 is 2.94 bits per heavy atom. The first-order chi connectivity index (χ1) is 7.69. The number of nitrogens with one attached hydrogen (secondary N) is 1. The van der Waals surface area contributed by atoms with Crippen molar-refractivity contribution in [2.45, 2.75) is 31.5 Å². The highest BCUT2D eigenvalue weighted by Gasteiger charge is 2.28. The van der Waals surface area contributed by atoms with Crippen molar-refractivity contribution in [3.05, 3.63) is 28.2 Å². The van der Waals surface area contributed by atoms with Gasteiger partial charge in [-0.25, -0.2) is 0 Å². The number of phenolic OH excluding ortho intramolecular Hbond substituents is 1. The molecule has 16 heavy (non-hydrogen) atoms. The number of methoxy groups -OCH3 is 1. The summed E-state index contributed by atoms with van der Waals surface area (Å²) >= 11 is 3.40. The van der Waals surface area contributed by atoms with E-state index in [1.807, 2.05) is 12.1 Å². The van der Waals surface area contributed by atoms with E-state index < -0.39 is 0 Å². The van der Waals surface area contributed by atoms with Crippen LogP contribution in [0.4, 0.5) is 0 Å². The molecule has 1 fully saturated rings. The highest BCUT2D eigenvalue weighted by molar-refractivity contribution is 9.10. The van der Waals surface area contributed by atoms with Gasteiger partial charge in [0.1, 0.15) is 5.75 Å². The third-order valence-electron chi connectivity index (χ3n) is 3.05. The van der Waals surface area contributed by atoms with Crippen LogP contribution < -0.4 is 5.32 Å². The fourth-order valence-corrected chi connectivity index (χ4v) is 2.28. The standard InChI is InChI=1S/C12H16BrNO2/c1-16-11-5-10(6-11)14-7-8-4-9(13)2-3-12(8)15/h2-4,10-11,14-15H,5-7H2,1H3. The van der Waals surface area contributed by atoms with E-state index in [-0.39, 0.29) is 0 Å². The van der Waals surface area contributed by atoms with E-state index in [0.717, 1.165) is 22.9 Å². The maximum atomic E-state index is 9.65. The summed E-state index contributed by atoms with van der Waals surface area (Å²) in [6.07, 6.45) is 2.53. The Morgan fingerprint density at radius 1 is 1.50 bits per heavy atom. The van der Waals surface area contributed by atoms with Crippen LogP contribution in [0.3, 0.4) is 0 Å². The molecule has 2 rings (SSSR count). The fraction of sp³-hybridized carbons (Fsp3) is 0.500. The van der Waals surface area contributed by atoms with Gasteiger partial charge in [0.25, 0.3) is 0 Å². The molecule has 0 saturated heterocycles. The quantitative estimate of drug-likeness (QED) is 0.893. The topological polar surface area (TPSA) is 41.5 Å². The van der Waals surface area contributed by atoms with Crippen LogP contribution >= 0.6 is 15.9 Å². The summed E-state index contributed by atoms with van der Waals surface area (Å²) in [6, 6.07) is 6.00. The number of phenols is 1. The third-order valence-corrected chi connectivity index (χ3v) is 3.54. The Labute approximate surface area is 104 Å². The van der Waals surface area contributed by atoms with Crippen LogP contribution in [0.5, 0.6) is 5.75 Å². The zero-order valence-corrected chi connectivity index (χ0v) is 10.8. The summed E-state index contributed by atoms with van der Waals surface area (Å²) in [7, 11) is 1.75. The molecule has 0 aliphatic heterocycles. The molecule has 0 heterocycles. The fourth-order valence-electron chi connectivity index (χ4n) is 1.87. The molecule has 1 aromatic carbocycles. The second-order valence-corrected chi connectivity index (χ2v) is 5.10. The molecule has 0 atom stereocenters. The van der Waals surface area contributed by atoms with E-state index in [9.17, 15) is 5.11 Å². The summed E-state index contributed by atoms with van der Waals surface area (Å²) in [5, 5.41) is 13.1. The van der Waals surface area contributed by atoms with Crippen molar-refractivity contribution in [3.63, 3.8) is 0 Å². The van der Waals surface area contributed by atoms with Crippen molar-refractivity contribution in [1.29, 1.82) is 0 Å². The minimum absolute atomic E-state index is 0.346. The number of rotatable bonds is 4. The van der Waals surface area contributed by atoms with E-state index >= 15 is 0 Å². The molecule has 3 nitrogen and oxygen atoms in total. The SMILES string of the molecule is COC1CC(NCc2cc(Br)ccc2O)C1. The van der Waals surface area contributed by atoms with Crippen LogP contribution in [0.1, 0.15) is 18.4 Å². The van der Waals surface area contributed by atoms with Gasteiger partial charge in [-0.05, 0) is 31.0 Å². The van der Waals surface area contributed by atoms with Gasteiger partial charge in [0, 0.05) is 29.7 Å². The van der Waals surface area contributed by atoms with E-state index in [4.69, 9.17) is 4.74 Å². The van der Waals surface area contributed by atoms with Gasteiger partial charge in [-0.1, -0.05) is 15.9 Å². The number of hydrogen-bond acceptors (Lipinski definition) is 3. The first-order valence-corrected chi connectivity index (χ1v) is 6.22. The monoisotopic (exact) mass is 285 g/mol. The van der Waals surface area contributed by atoms with Crippen LogP contribution in [0.15, 0.2) is 22.7 Å². The van der Waals surface area contributed by atoms with Gasteiger partial charge in [0.15, 0.2) is 0 Å². The molecular formula is C12H16BrNO2. The van der Waals surface area contributed by atoms with Gasteiger partial charge < -0.3 is 15.2 Å². The Kier molecular flexibility index (Phi) is 3.84. The molecule has 1 aliphatic rings. The molecule has 0 spiro atoms. The zero-order chi connectivity index (χ0) is 11.5. The number of halogens is 1. The first-order valence-electron chi connectivity index (χ1n) is 5.42. The van der Waals surface area contributed by atoms with E-state index in [0.29, 0.717) is 24.4 Å². The van der Waals surface area contributed by atoms with E-state index in [1.165, 1.54) is 0 Å². The molecule has 4 heteroatoms. The van der Waals surface area contributed by atoms with Gasteiger partial charge in [0.2, 0.25) is 0 Å². The predicted molar refractivity (Wildman–Crippen MR) is 66.5 cm³/mol. The molecule has 0 bridgehead atoms. The van der Waals surface area contributed by atoms with Crippen molar-refractivity contribution >= 4 is 15.9 Å². The minimum atomic E-state index is 0.346. The second kappa shape index (κ2) is 5.17. The zero-order valence-electron chi connectivity index (χ0n) is 9.24. The Balaban J connectivity index is 1.83. The molecule has 0 amide bonds. The maximum absolute atomic E-state index is 9.65. The summed E-state index contributed by atoms with van der Waals surface area (Å²) < 4.78 is 6.21. The highest BCUT2D eigenvalue weighted by atomic mass is 79.9. The molecule has 0 radical (unpaired) electrons. The van der Waals surface area contributed by atoms with Crippen LogP contribution in [0.25, 0.3) is 0 Å².